The fraction of sp³-hybridized carbons (Fsp3) is 0.182. The number of carbonyl (C=O) groups excluding carboxylic acids is 1. The van der Waals surface area contributed by atoms with Gasteiger partial charge in [-0.3, -0.25) is 10.1 Å². The van der Waals surface area contributed by atoms with E-state index in [-0.39, 0.29) is 5.91 Å². The number of halogens is 1. The Kier molecular flexibility index (Phi) is 5.83. The first kappa shape index (κ1) is 19.5. The highest BCUT2D eigenvalue weighted by Crippen LogP contribution is 2.26. The first-order chi connectivity index (χ1) is 14.2. The molecule has 0 saturated heterocycles. The van der Waals surface area contributed by atoms with Crippen LogP contribution in [0.3, 0.4) is 0 Å². The lowest BCUT2D eigenvalue weighted by molar-refractivity contribution is 0.102. The van der Waals surface area contributed by atoms with E-state index < -0.39 is 0 Å². The summed E-state index contributed by atoms with van der Waals surface area (Å²) < 4.78 is 7.80. The molecule has 0 aliphatic heterocycles. The largest absolute Gasteiger partial charge is 0.487 e. The number of imidazole rings is 1. The van der Waals surface area contributed by atoms with Crippen LogP contribution >= 0.6 is 22.9 Å². The van der Waals surface area contributed by atoms with E-state index in [9.17, 15) is 4.79 Å². The SMILES string of the molecule is CCCn1c(NC(=O)c2cc(COc3ccccc3Cl)cs2)nc2ccccc21. The molecule has 0 unspecified atom stereocenters. The number of aryl methyl sites for hydroxylation is 1. The lowest BCUT2D eigenvalue weighted by Gasteiger charge is -2.08. The van der Waals surface area contributed by atoms with Crippen molar-refractivity contribution in [3.63, 3.8) is 0 Å². The molecule has 148 valence electrons. The van der Waals surface area contributed by atoms with Gasteiger partial charge in [0, 0.05) is 12.1 Å². The van der Waals surface area contributed by atoms with E-state index in [4.69, 9.17) is 16.3 Å². The van der Waals surface area contributed by atoms with E-state index in [0.717, 1.165) is 29.6 Å². The van der Waals surface area contributed by atoms with Crippen LogP contribution in [0.4, 0.5) is 5.95 Å². The van der Waals surface area contributed by atoms with Crippen LogP contribution in [0.5, 0.6) is 5.75 Å². The minimum absolute atomic E-state index is 0.174. The number of anilines is 1. The topological polar surface area (TPSA) is 56.2 Å². The highest BCUT2D eigenvalue weighted by molar-refractivity contribution is 7.12. The van der Waals surface area contributed by atoms with Gasteiger partial charge < -0.3 is 9.30 Å². The third kappa shape index (κ3) is 4.28. The number of nitrogens with zero attached hydrogens (tertiary/aromatic N) is 2. The lowest BCUT2D eigenvalue weighted by atomic mass is 10.3. The maximum atomic E-state index is 12.8. The van der Waals surface area contributed by atoms with E-state index in [1.165, 1.54) is 11.3 Å². The zero-order chi connectivity index (χ0) is 20.2. The number of nitrogens with one attached hydrogen (secondary N) is 1. The summed E-state index contributed by atoms with van der Waals surface area (Å²) in [5.74, 6) is 1.02. The number of hydrogen-bond acceptors (Lipinski definition) is 4. The zero-order valence-corrected chi connectivity index (χ0v) is 17.5. The first-order valence-corrected chi connectivity index (χ1v) is 10.6. The van der Waals surface area contributed by atoms with Crippen LogP contribution in [0, 0.1) is 0 Å². The molecule has 4 aromatic rings. The number of hydrogen-bond donors (Lipinski definition) is 1. The Hall–Kier alpha value is -2.83. The molecule has 0 spiro atoms. The molecule has 1 amide bonds. The summed E-state index contributed by atoms with van der Waals surface area (Å²) >= 11 is 7.49. The molecular formula is C22H20ClN3O2S. The number of aromatic nitrogens is 2. The van der Waals surface area contributed by atoms with Crippen LogP contribution in [0.15, 0.2) is 60.0 Å². The average molecular weight is 426 g/mol. The Morgan fingerprint density at radius 3 is 2.83 bits per heavy atom. The number of carbonyl (C=O) groups is 1. The summed E-state index contributed by atoms with van der Waals surface area (Å²) in [6.45, 7) is 3.24. The normalized spacial score (nSPS) is 11.0. The van der Waals surface area contributed by atoms with E-state index in [1.807, 2.05) is 58.5 Å². The summed E-state index contributed by atoms with van der Waals surface area (Å²) in [7, 11) is 0. The van der Waals surface area contributed by atoms with Crippen molar-refractivity contribution in [3.8, 4) is 5.75 Å². The molecule has 4 rings (SSSR count). The van der Waals surface area contributed by atoms with E-state index in [0.29, 0.717) is 28.2 Å². The predicted molar refractivity (Wildman–Crippen MR) is 118 cm³/mol. The van der Waals surface area contributed by atoms with Gasteiger partial charge in [0.15, 0.2) is 0 Å². The molecule has 0 atom stereocenters. The van der Waals surface area contributed by atoms with E-state index in [1.54, 1.807) is 6.07 Å². The molecule has 2 heterocycles. The molecule has 0 saturated carbocycles. The Bertz CT molecular complexity index is 1150. The van der Waals surface area contributed by atoms with Crippen LogP contribution in [-0.4, -0.2) is 15.5 Å². The number of fused-ring (bicyclic) bond motifs is 1. The standard InChI is InChI=1S/C22H20ClN3O2S/c1-2-11-26-18-9-5-4-8-17(18)24-22(26)25-21(27)20-12-15(14-29-20)13-28-19-10-6-3-7-16(19)23/h3-10,12,14H,2,11,13H2,1H3,(H,24,25,27). The fourth-order valence-corrected chi connectivity index (χ4v) is 4.06. The highest BCUT2D eigenvalue weighted by atomic mass is 35.5. The van der Waals surface area contributed by atoms with Gasteiger partial charge in [0.1, 0.15) is 12.4 Å². The molecule has 2 aromatic carbocycles. The Morgan fingerprint density at radius 2 is 2.00 bits per heavy atom. The Morgan fingerprint density at radius 1 is 1.21 bits per heavy atom. The van der Waals surface area contributed by atoms with E-state index in [2.05, 4.69) is 17.2 Å². The van der Waals surface area contributed by atoms with Crippen LogP contribution < -0.4 is 10.1 Å². The van der Waals surface area contributed by atoms with Gasteiger partial charge in [-0.25, -0.2) is 4.98 Å². The second-order valence-electron chi connectivity index (χ2n) is 6.57. The van der Waals surface area contributed by atoms with Crippen molar-refractivity contribution in [1.82, 2.24) is 9.55 Å². The van der Waals surface area contributed by atoms with Crippen LogP contribution in [0.2, 0.25) is 5.02 Å². The Labute approximate surface area is 177 Å². The summed E-state index contributed by atoms with van der Waals surface area (Å²) in [6, 6.07) is 17.1. The molecule has 0 aliphatic carbocycles. The molecule has 0 radical (unpaired) electrons. The average Bonchev–Trinajstić information content (AvgIpc) is 3.33. The minimum Gasteiger partial charge on any atom is -0.487 e. The minimum atomic E-state index is -0.174. The maximum absolute atomic E-state index is 12.8. The summed E-state index contributed by atoms with van der Waals surface area (Å²) in [5, 5.41) is 5.44. The van der Waals surface area contributed by atoms with Gasteiger partial charge in [0.05, 0.1) is 20.9 Å². The van der Waals surface area contributed by atoms with Crippen molar-refractivity contribution in [3.05, 3.63) is 75.4 Å². The Balaban J connectivity index is 1.48. The molecule has 0 aliphatic rings. The third-order valence-corrected chi connectivity index (χ3v) is 5.73. The highest BCUT2D eigenvalue weighted by Gasteiger charge is 2.15. The van der Waals surface area contributed by atoms with Gasteiger partial charge >= 0.3 is 0 Å². The summed E-state index contributed by atoms with van der Waals surface area (Å²) in [4.78, 5) is 18.0. The van der Waals surface area contributed by atoms with Crippen molar-refractivity contribution in [1.29, 1.82) is 0 Å². The molecule has 1 N–H and O–H groups in total. The quantitative estimate of drug-likeness (QED) is 0.395. The van der Waals surface area contributed by atoms with Crippen molar-refractivity contribution in [2.75, 3.05) is 5.32 Å². The first-order valence-electron chi connectivity index (χ1n) is 9.37. The lowest BCUT2D eigenvalue weighted by Crippen LogP contribution is -2.15. The molecule has 29 heavy (non-hydrogen) atoms. The number of ether oxygens (including phenoxy) is 1. The molecular weight excluding hydrogens is 406 g/mol. The van der Waals surface area contributed by atoms with Gasteiger partial charge in [0.2, 0.25) is 5.95 Å². The molecule has 0 fully saturated rings. The number of amides is 1. The third-order valence-electron chi connectivity index (χ3n) is 4.44. The number of thiophene rings is 1. The van der Waals surface area contributed by atoms with Crippen LogP contribution in [0.25, 0.3) is 11.0 Å². The molecule has 7 heteroatoms. The van der Waals surface area contributed by atoms with Crippen LogP contribution in [0.1, 0.15) is 28.6 Å². The second-order valence-corrected chi connectivity index (χ2v) is 7.89. The molecule has 0 bridgehead atoms. The summed E-state index contributed by atoms with van der Waals surface area (Å²) in [5.41, 5.74) is 2.81. The van der Waals surface area contributed by atoms with Gasteiger partial charge in [-0.15, -0.1) is 11.3 Å². The predicted octanol–water partition coefficient (Wildman–Crippen LogP) is 5.99. The smallest absolute Gasteiger partial charge is 0.268 e. The number of para-hydroxylation sites is 3. The fourth-order valence-electron chi connectivity index (χ4n) is 3.08. The van der Waals surface area contributed by atoms with Gasteiger partial charge in [-0.05, 0) is 42.1 Å². The second kappa shape index (κ2) is 8.68. The monoisotopic (exact) mass is 425 g/mol. The van der Waals surface area contributed by atoms with Gasteiger partial charge in [0.25, 0.3) is 5.91 Å². The van der Waals surface area contributed by atoms with E-state index >= 15 is 0 Å². The van der Waals surface area contributed by atoms with Gasteiger partial charge in [-0.1, -0.05) is 42.8 Å². The summed E-state index contributed by atoms with van der Waals surface area (Å²) in [6.07, 6.45) is 0.950. The van der Waals surface area contributed by atoms with Crippen LogP contribution in [-0.2, 0) is 13.2 Å². The van der Waals surface area contributed by atoms with Crippen molar-refractivity contribution in [2.45, 2.75) is 26.5 Å². The van der Waals surface area contributed by atoms with Crippen molar-refractivity contribution < 1.29 is 9.53 Å². The van der Waals surface area contributed by atoms with Crippen molar-refractivity contribution in [2.24, 2.45) is 0 Å². The maximum Gasteiger partial charge on any atom is 0.268 e. The molecule has 5 nitrogen and oxygen atoms in total. The van der Waals surface area contributed by atoms with Gasteiger partial charge in [-0.2, -0.15) is 0 Å². The number of benzene rings is 2. The molecule has 2 aromatic heterocycles. The number of rotatable bonds is 7. The zero-order valence-electron chi connectivity index (χ0n) is 15.9. The van der Waals surface area contributed by atoms with Crippen molar-refractivity contribution >= 4 is 45.8 Å².